The number of carboxylic acids is 1. The van der Waals surface area contributed by atoms with E-state index in [1.54, 1.807) is 12.1 Å². The van der Waals surface area contributed by atoms with Crippen LogP contribution in [0.25, 0.3) is 0 Å². The summed E-state index contributed by atoms with van der Waals surface area (Å²) in [5.74, 6) is -0.327. The van der Waals surface area contributed by atoms with Crippen LogP contribution in [0.5, 0.6) is 5.75 Å². The quantitative estimate of drug-likeness (QED) is 0.871. The van der Waals surface area contributed by atoms with Gasteiger partial charge in [-0.2, -0.15) is 0 Å². The topological polar surface area (TPSA) is 76.1 Å². The van der Waals surface area contributed by atoms with E-state index in [-0.39, 0.29) is 17.7 Å². The van der Waals surface area contributed by atoms with Crippen molar-refractivity contribution in [2.75, 3.05) is 13.2 Å². The van der Waals surface area contributed by atoms with E-state index in [2.05, 4.69) is 0 Å². The second-order valence-electron chi connectivity index (χ2n) is 7.29. The molecular weight excluding hydrogens is 322 g/mol. The van der Waals surface area contributed by atoms with E-state index < -0.39 is 11.6 Å². The Morgan fingerprint density at radius 3 is 2.48 bits per heavy atom. The Bertz CT molecular complexity index is 591. The zero-order valence-electron chi connectivity index (χ0n) is 15.2. The van der Waals surface area contributed by atoms with Crippen molar-refractivity contribution in [3.05, 3.63) is 29.8 Å². The summed E-state index contributed by atoms with van der Waals surface area (Å²) in [6, 6.07) is 6.45. The minimum Gasteiger partial charge on any atom is -0.494 e. The van der Waals surface area contributed by atoms with E-state index in [4.69, 9.17) is 14.6 Å². The van der Waals surface area contributed by atoms with Crippen molar-refractivity contribution in [3.8, 4) is 5.75 Å². The molecule has 0 bridgehead atoms. The molecule has 25 heavy (non-hydrogen) atoms. The molecule has 6 nitrogen and oxygen atoms in total. The van der Waals surface area contributed by atoms with Gasteiger partial charge in [0, 0.05) is 19.0 Å². The van der Waals surface area contributed by atoms with Crippen LogP contribution in [0, 0.1) is 0 Å². The van der Waals surface area contributed by atoms with Gasteiger partial charge in [-0.05, 0) is 64.3 Å². The zero-order chi connectivity index (χ0) is 18.4. The third-order valence-corrected chi connectivity index (χ3v) is 4.08. The van der Waals surface area contributed by atoms with Gasteiger partial charge in [0.1, 0.15) is 11.4 Å². The number of nitrogens with zero attached hydrogens (tertiary/aromatic N) is 1. The second-order valence-corrected chi connectivity index (χ2v) is 7.29. The van der Waals surface area contributed by atoms with Crippen LogP contribution >= 0.6 is 0 Å². The first-order valence-electron chi connectivity index (χ1n) is 8.72. The third kappa shape index (κ3) is 5.96. The number of hydrogen-bond acceptors (Lipinski definition) is 4. The maximum Gasteiger partial charge on any atom is 0.410 e. The fourth-order valence-electron chi connectivity index (χ4n) is 2.87. The van der Waals surface area contributed by atoms with E-state index >= 15 is 0 Å². The molecule has 1 aliphatic rings. The minimum atomic E-state index is -0.957. The van der Waals surface area contributed by atoms with E-state index in [9.17, 15) is 9.59 Å². The predicted molar refractivity (Wildman–Crippen MR) is 94.1 cm³/mol. The number of ether oxygens (including phenoxy) is 2. The standard InChI is InChI=1S/C19H27NO5/c1-19(2,3)25-18(23)20-12-5-4-6-15(20)11-13-24-16-9-7-14(8-10-16)17(21)22/h7-10,15H,4-6,11-13H2,1-3H3,(H,21,22). The van der Waals surface area contributed by atoms with Crippen LogP contribution in [0.2, 0.25) is 0 Å². The lowest BCUT2D eigenvalue weighted by Crippen LogP contribution is -2.46. The van der Waals surface area contributed by atoms with E-state index in [0.717, 1.165) is 25.7 Å². The van der Waals surface area contributed by atoms with E-state index in [0.29, 0.717) is 18.9 Å². The van der Waals surface area contributed by atoms with Gasteiger partial charge in [-0.25, -0.2) is 9.59 Å². The molecule has 0 aliphatic carbocycles. The van der Waals surface area contributed by atoms with Crippen molar-refractivity contribution < 1.29 is 24.2 Å². The van der Waals surface area contributed by atoms with Gasteiger partial charge in [0.15, 0.2) is 0 Å². The molecule has 1 atom stereocenters. The highest BCUT2D eigenvalue weighted by Crippen LogP contribution is 2.23. The normalized spacial score (nSPS) is 17.9. The van der Waals surface area contributed by atoms with Gasteiger partial charge < -0.3 is 19.5 Å². The Morgan fingerprint density at radius 1 is 1.20 bits per heavy atom. The molecule has 6 heteroatoms. The highest BCUT2D eigenvalue weighted by Gasteiger charge is 2.30. The summed E-state index contributed by atoms with van der Waals surface area (Å²) in [6.07, 6.45) is 3.49. The summed E-state index contributed by atoms with van der Waals surface area (Å²) in [6.45, 7) is 6.79. The number of carbonyl (C=O) groups excluding carboxylic acids is 1. The van der Waals surface area contributed by atoms with Crippen LogP contribution in [-0.4, -0.2) is 46.9 Å². The van der Waals surface area contributed by atoms with Crippen LogP contribution in [-0.2, 0) is 4.74 Å². The molecule has 0 aromatic heterocycles. The number of hydrogen-bond donors (Lipinski definition) is 1. The number of benzene rings is 1. The molecular formula is C19H27NO5. The predicted octanol–water partition coefficient (Wildman–Crippen LogP) is 3.94. The molecule has 0 spiro atoms. The molecule has 1 aromatic carbocycles. The first-order chi connectivity index (χ1) is 11.8. The maximum absolute atomic E-state index is 12.4. The number of carbonyl (C=O) groups is 2. The van der Waals surface area contributed by atoms with Crippen molar-refractivity contribution in [3.63, 3.8) is 0 Å². The van der Waals surface area contributed by atoms with Crippen LogP contribution in [0.4, 0.5) is 4.79 Å². The Balaban J connectivity index is 1.86. The summed E-state index contributed by atoms with van der Waals surface area (Å²) in [5, 5.41) is 8.89. The van der Waals surface area contributed by atoms with Crippen molar-refractivity contribution in [1.82, 2.24) is 4.90 Å². The van der Waals surface area contributed by atoms with Crippen molar-refractivity contribution in [2.24, 2.45) is 0 Å². The highest BCUT2D eigenvalue weighted by atomic mass is 16.6. The average Bonchev–Trinajstić information content (AvgIpc) is 2.54. The van der Waals surface area contributed by atoms with Crippen LogP contribution in [0.15, 0.2) is 24.3 Å². The van der Waals surface area contributed by atoms with Gasteiger partial charge >= 0.3 is 12.1 Å². The van der Waals surface area contributed by atoms with Crippen molar-refractivity contribution >= 4 is 12.1 Å². The van der Waals surface area contributed by atoms with Crippen LogP contribution in [0.1, 0.15) is 56.8 Å². The molecule has 1 unspecified atom stereocenters. The number of amides is 1. The number of aromatic carboxylic acids is 1. The summed E-state index contributed by atoms with van der Waals surface area (Å²) in [7, 11) is 0. The highest BCUT2D eigenvalue weighted by molar-refractivity contribution is 5.87. The summed E-state index contributed by atoms with van der Waals surface area (Å²) in [5.41, 5.74) is -0.266. The van der Waals surface area contributed by atoms with Crippen LogP contribution in [0.3, 0.4) is 0 Å². The molecule has 1 amide bonds. The van der Waals surface area contributed by atoms with Gasteiger partial charge in [-0.1, -0.05) is 0 Å². The fourth-order valence-corrected chi connectivity index (χ4v) is 2.87. The Kier molecular flexibility index (Phi) is 6.28. The zero-order valence-corrected chi connectivity index (χ0v) is 15.2. The minimum absolute atomic E-state index is 0.113. The van der Waals surface area contributed by atoms with Crippen molar-refractivity contribution in [1.29, 1.82) is 0 Å². The molecule has 1 aliphatic heterocycles. The van der Waals surface area contributed by atoms with Crippen molar-refractivity contribution in [2.45, 2.75) is 58.1 Å². The number of likely N-dealkylation sites (tertiary alicyclic amines) is 1. The number of piperidine rings is 1. The Hall–Kier alpha value is -2.24. The molecule has 1 N–H and O–H groups in total. The lowest BCUT2D eigenvalue weighted by atomic mass is 10.0. The maximum atomic E-state index is 12.4. The largest absolute Gasteiger partial charge is 0.494 e. The molecule has 138 valence electrons. The van der Waals surface area contributed by atoms with Crippen LogP contribution < -0.4 is 4.74 Å². The first-order valence-corrected chi connectivity index (χ1v) is 8.72. The van der Waals surface area contributed by atoms with Gasteiger partial charge in [0.05, 0.1) is 12.2 Å². The summed E-state index contributed by atoms with van der Waals surface area (Å²) >= 11 is 0. The number of carboxylic acid groups (broad SMARTS) is 1. The molecule has 0 radical (unpaired) electrons. The third-order valence-electron chi connectivity index (χ3n) is 4.08. The SMILES string of the molecule is CC(C)(C)OC(=O)N1CCCCC1CCOc1ccc(C(=O)O)cc1. The first kappa shape index (κ1) is 19.1. The average molecular weight is 349 g/mol. The summed E-state index contributed by atoms with van der Waals surface area (Å²) < 4.78 is 11.2. The molecule has 0 saturated carbocycles. The molecule has 1 aromatic rings. The molecule has 2 rings (SSSR count). The monoisotopic (exact) mass is 349 g/mol. The summed E-state index contributed by atoms with van der Waals surface area (Å²) in [4.78, 5) is 25.0. The van der Waals surface area contributed by atoms with Gasteiger partial charge in [-0.15, -0.1) is 0 Å². The second kappa shape index (κ2) is 8.23. The molecule has 1 fully saturated rings. The fraction of sp³-hybridized carbons (Fsp3) is 0.579. The molecule has 1 heterocycles. The molecule has 1 saturated heterocycles. The Morgan fingerprint density at radius 2 is 1.88 bits per heavy atom. The number of rotatable bonds is 5. The lowest BCUT2D eigenvalue weighted by Gasteiger charge is -2.36. The van der Waals surface area contributed by atoms with E-state index in [1.165, 1.54) is 12.1 Å². The lowest BCUT2D eigenvalue weighted by molar-refractivity contribution is 0.00742. The smallest absolute Gasteiger partial charge is 0.410 e. The van der Waals surface area contributed by atoms with Gasteiger partial charge in [-0.3, -0.25) is 0 Å². The van der Waals surface area contributed by atoms with Gasteiger partial charge in [0.2, 0.25) is 0 Å². The van der Waals surface area contributed by atoms with Gasteiger partial charge in [0.25, 0.3) is 0 Å². The van der Waals surface area contributed by atoms with E-state index in [1.807, 2.05) is 25.7 Å². The Labute approximate surface area is 148 Å².